The van der Waals surface area contributed by atoms with Crippen molar-refractivity contribution in [3.05, 3.63) is 29.6 Å². The lowest BCUT2D eigenvalue weighted by atomic mass is 9.99. The lowest BCUT2D eigenvalue weighted by molar-refractivity contribution is 0.164. The van der Waals surface area contributed by atoms with Crippen LogP contribution in [0.3, 0.4) is 0 Å². The molecule has 1 aromatic carbocycles. The summed E-state index contributed by atoms with van der Waals surface area (Å²) in [4.78, 5) is 0. The highest BCUT2D eigenvalue weighted by Gasteiger charge is 2.14. The van der Waals surface area contributed by atoms with Crippen molar-refractivity contribution < 1.29 is 14.2 Å². The van der Waals surface area contributed by atoms with E-state index in [1.54, 1.807) is 12.1 Å². The Labute approximate surface area is 127 Å². The van der Waals surface area contributed by atoms with Crippen molar-refractivity contribution in [1.82, 2.24) is 0 Å². The zero-order chi connectivity index (χ0) is 15.7. The summed E-state index contributed by atoms with van der Waals surface area (Å²) in [5, 5.41) is 9.90. The summed E-state index contributed by atoms with van der Waals surface area (Å²) >= 11 is 0. The Balaban J connectivity index is 2.68. The molecule has 0 aromatic heterocycles. The summed E-state index contributed by atoms with van der Waals surface area (Å²) in [6.45, 7) is 5.30. The number of hydrogen-bond acceptors (Lipinski definition) is 3. The van der Waals surface area contributed by atoms with E-state index in [-0.39, 0.29) is 5.56 Å². The second-order valence-electron chi connectivity index (χ2n) is 5.53. The van der Waals surface area contributed by atoms with Crippen LogP contribution < -0.4 is 10.5 Å². The summed E-state index contributed by atoms with van der Waals surface area (Å²) < 4.78 is 19.5. The normalized spacial score (nSPS) is 12.7. The topological polar surface area (TPSA) is 55.5 Å². The monoisotopic (exact) mass is 297 g/mol. The predicted octanol–water partition coefficient (Wildman–Crippen LogP) is 3.80. The third-order valence-corrected chi connectivity index (χ3v) is 3.65. The van der Waals surface area contributed by atoms with Gasteiger partial charge in [-0.05, 0) is 49.9 Å². The summed E-state index contributed by atoms with van der Waals surface area (Å²) in [7, 11) is 0. The lowest BCUT2D eigenvalue weighted by Gasteiger charge is -2.17. The molecule has 0 heterocycles. The van der Waals surface area contributed by atoms with Crippen LogP contribution >= 0.6 is 0 Å². The summed E-state index contributed by atoms with van der Waals surface area (Å²) in [6, 6.07) is 4.55. The Bertz CT molecular complexity index is 406. The van der Waals surface area contributed by atoms with Crippen LogP contribution in [-0.4, -0.2) is 18.3 Å². The van der Waals surface area contributed by atoms with Crippen molar-refractivity contribution in [3.8, 4) is 5.75 Å². The van der Waals surface area contributed by atoms with Crippen molar-refractivity contribution in [1.29, 1.82) is 0 Å². The Morgan fingerprint density at radius 3 is 2.43 bits per heavy atom. The van der Waals surface area contributed by atoms with Crippen molar-refractivity contribution in [3.63, 3.8) is 0 Å². The maximum atomic E-state index is 13.7. The second kappa shape index (κ2) is 9.74. The van der Waals surface area contributed by atoms with Crippen LogP contribution in [0, 0.1) is 11.7 Å². The van der Waals surface area contributed by atoms with Crippen LogP contribution in [0.2, 0.25) is 0 Å². The van der Waals surface area contributed by atoms with Crippen LogP contribution in [-0.2, 0) is 0 Å². The van der Waals surface area contributed by atoms with Crippen LogP contribution in [0.15, 0.2) is 18.2 Å². The number of aliphatic hydroxyl groups excluding tert-OH is 1. The quantitative estimate of drug-likeness (QED) is 0.690. The summed E-state index contributed by atoms with van der Waals surface area (Å²) in [5.41, 5.74) is 5.67. The number of aliphatic hydroxyl groups is 1. The molecule has 4 heteroatoms. The highest BCUT2D eigenvalue weighted by atomic mass is 19.1. The average Bonchev–Trinajstić information content (AvgIpc) is 2.46. The second-order valence-corrected chi connectivity index (χ2v) is 5.53. The van der Waals surface area contributed by atoms with Crippen LogP contribution in [0.1, 0.15) is 57.6 Å². The number of halogens is 1. The fourth-order valence-electron chi connectivity index (χ4n) is 2.52. The van der Waals surface area contributed by atoms with E-state index in [9.17, 15) is 9.50 Å². The van der Waals surface area contributed by atoms with E-state index in [1.165, 1.54) is 6.07 Å². The zero-order valence-electron chi connectivity index (χ0n) is 13.1. The molecule has 0 aliphatic heterocycles. The van der Waals surface area contributed by atoms with E-state index in [1.807, 2.05) is 0 Å². The lowest BCUT2D eigenvalue weighted by Crippen LogP contribution is -2.13. The van der Waals surface area contributed by atoms with Gasteiger partial charge in [-0.3, -0.25) is 0 Å². The van der Waals surface area contributed by atoms with Crippen molar-refractivity contribution in [2.24, 2.45) is 11.7 Å². The van der Waals surface area contributed by atoms with Crippen LogP contribution in [0.25, 0.3) is 0 Å². The number of benzene rings is 1. The Hall–Kier alpha value is -1.13. The fraction of sp³-hybridized carbons (Fsp3) is 0.647. The first-order chi connectivity index (χ1) is 10.1. The van der Waals surface area contributed by atoms with Gasteiger partial charge in [0.25, 0.3) is 0 Å². The van der Waals surface area contributed by atoms with E-state index >= 15 is 0 Å². The van der Waals surface area contributed by atoms with Gasteiger partial charge < -0.3 is 15.6 Å². The van der Waals surface area contributed by atoms with Gasteiger partial charge in [0.05, 0.1) is 12.7 Å². The third-order valence-electron chi connectivity index (χ3n) is 3.65. The molecule has 3 nitrogen and oxygen atoms in total. The molecular formula is C17H28FNO2. The van der Waals surface area contributed by atoms with Gasteiger partial charge in [-0.25, -0.2) is 4.39 Å². The van der Waals surface area contributed by atoms with Crippen molar-refractivity contribution >= 4 is 0 Å². The SMILES string of the molecule is CCCC(CCC)COc1ccc(F)c([C@H](O)CCN)c1. The molecule has 1 aromatic rings. The predicted molar refractivity (Wildman–Crippen MR) is 83.8 cm³/mol. The number of hydrogen-bond donors (Lipinski definition) is 2. The Morgan fingerprint density at radius 2 is 1.86 bits per heavy atom. The molecule has 1 rings (SSSR count). The number of ether oxygens (including phenoxy) is 1. The molecule has 0 spiro atoms. The molecule has 21 heavy (non-hydrogen) atoms. The van der Waals surface area contributed by atoms with Crippen LogP contribution in [0.4, 0.5) is 4.39 Å². The summed E-state index contributed by atoms with van der Waals surface area (Å²) in [6.07, 6.45) is 4.01. The van der Waals surface area contributed by atoms with Gasteiger partial charge in [0, 0.05) is 5.56 Å². The minimum atomic E-state index is -0.874. The van der Waals surface area contributed by atoms with Crippen molar-refractivity contribution in [2.45, 2.75) is 52.1 Å². The summed E-state index contributed by atoms with van der Waals surface area (Å²) in [5.74, 6) is 0.726. The molecule has 0 saturated carbocycles. The highest BCUT2D eigenvalue weighted by molar-refractivity contribution is 5.31. The van der Waals surface area contributed by atoms with Gasteiger partial charge in [0.1, 0.15) is 11.6 Å². The van der Waals surface area contributed by atoms with E-state index in [2.05, 4.69) is 13.8 Å². The molecule has 0 amide bonds. The van der Waals surface area contributed by atoms with Gasteiger partial charge in [-0.2, -0.15) is 0 Å². The molecule has 1 atom stereocenters. The molecule has 0 fully saturated rings. The van der Waals surface area contributed by atoms with Gasteiger partial charge in [-0.1, -0.05) is 26.7 Å². The van der Waals surface area contributed by atoms with E-state index in [4.69, 9.17) is 10.5 Å². The first kappa shape index (κ1) is 17.9. The van der Waals surface area contributed by atoms with E-state index < -0.39 is 11.9 Å². The molecule has 3 N–H and O–H groups in total. The molecule has 120 valence electrons. The molecule has 0 unspecified atom stereocenters. The fourth-order valence-corrected chi connectivity index (χ4v) is 2.52. The standard InChI is InChI=1S/C17H28FNO2/c1-3-5-13(6-4-2)12-21-14-7-8-16(18)15(11-14)17(20)9-10-19/h7-8,11,13,17,20H,3-6,9-10,12,19H2,1-2H3/t17-/m1/s1. The highest BCUT2D eigenvalue weighted by Crippen LogP contribution is 2.25. The Kier molecular flexibility index (Phi) is 8.31. The average molecular weight is 297 g/mol. The molecule has 0 aliphatic rings. The molecule has 0 saturated heterocycles. The minimum Gasteiger partial charge on any atom is -0.493 e. The molecular weight excluding hydrogens is 269 g/mol. The minimum absolute atomic E-state index is 0.264. The smallest absolute Gasteiger partial charge is 0.129 e. The molecule has 0 aliphatic carbocycles. The molecule has 0 bridgehead atoms. The third kappa shape index (κ3) is 6.02. The van der Waals surface area contributed by atoms with Gasteiger partial charge >= 0.3 is 0 Å². The van der Waals surface area contributed by atoms with Gasteiger partial charge in [-0.15, -0.1) is 0 Å². The van der Waals surface area contributed by atoms with Crippen LogP contribution in [0.5, 0.6) is 5.75 Å². The van der Waals surface area contributed by atoms with E-state index in [0.717, 1.165) is 25.7 Å². The van der Waals surface area contributed by atoms with Gasteiger partial charge in [0.2, 0.25) is 0 Å². The maximum Gasteiger partial charge on any atom is 0.129 e. The van der Waals surface area contributed by atoms with Gasteiger partial charge in [0.15, 0.2) is 0 Å². The first-order valence-electron chi connectivity index (χ1n) is 7.92. The number of rotatable bonds is 10. The largest absolute Gasteiger partial charge is 0.493 e. The molecule has 0 radical (unpaired) electrons. The Morgan fingerprint density at radius 1 is 1.19 bits per heavy atom. The zero-order valence-corrected chi connectivity index (χ0v) is 13.1. The van der Waals surface area contributed by atoms with Crippen molar-refractivity contribution in [2.75, 3.05) is 13.2 Å². The first-order valence-corrected chi connectivity index (χ1v) is 7.92. The number of nitrogens with two attached hydrogens (primary N) is 1. The van der Waals surface area contributed by atoms with E-state index in [0.29, 0.717) is 31.2 Å². The maximum absolute atomic E-state index is 13.7.